The number of hydrogen-bond donors (Lipinski definition) is 4. The number of hydrogen-bond acceptors (Lipinski definition) is 15. The Morgan fingerprint density at radius 1 is 1.18 bits per heavy atom. The van der Waals surface area contributed by atoms with E-state index < -0.39 is 99.3 Å². The van der Waals surface area contributed by atoms with Gasteiger partial charge in [0.2, 0.25) is 11.8 Å². The summed E-state index contributed by atoms with van der Waals surface area (Å²) < 4.78 is 60.9. The first-order valence-electron chi connectivity index (χ1n) is 19.3. The molecule has 2 fully saturated rings. The highest BCUT2D eigenvalue weighted by molar-refractivity contribution is 8.76. The van der Waals surface area contributed by atoms with Gasteiger partial charge in [-0.2, -0.15) is 8.42 Å². The summed E-state index contributed by atoms with van der Waals surface area (Å²) in [7, 11) is 3.33. The van der Waals surface area contributed by atoms with Gasteiger partial charge in [-0.3, -0.25) is 24.3 Å². The minimum Gasteiger partial charge on any atom is -0.495 e. The molecule has 4 bridgehead atoms. The summed E-state index contributed by atoms with van der Waals surface area (Å²) in [5, 5.41) is 21.5. The second kappa shape index (κ2) is 20.7. The Balaban J connectivity index is 1.58. The molecule has 0 radical (unpaired) electrons. The fraction of sp³-hybridized carbons (Fsp3) is 0.615. The Bertz CT molecular complexity index is 2000. The van der Waals surface area contributed by atoms with E-state index in [2.05, 4.69) is 5.32 Å². The Kier molecular flexibility index (Phi) is 17.0. The number of anilines is 1. The van der Waals surface area contributed by atoms with E-state index in [1.807, 2.05) is 13.0 Å². The molecule has 1 aromatic rings. The summed E-state index contributed by atoms with van der Waals surface area (Å²) in [6.07, 6.45) is -0.0649. The topological polar surface area (TPSA) is 248 Å². The molecule has 3 aliphatic rings. The molecule has 2 saturated heterocycles. The second-order valence-electron chi connectivity index (χ2n) is 15.4. The zero-order valence-corrected chi connectivity index (χ0v) is 38.3. The number of epoxide rings is 1. The summed E-state index contributed by atoms with van der Waals surface area (Å²) in [4.78, 5) is 67.8. The molecule has 3 heterocycles. The number of nitrogens with zero attached hydrogens (tertiary/aromatic N) is 2. The van der Waals surface area contributed by atoms with Crippen LogP contribution in [0.4, 0.5) is 10.5 Å². The van der Waals surface area contributed by atoms with E-state index in [1.165, 1.54) is 55.8 Å². The van der Waals surface area contributed by atoms with E-state index in [0.29, 0.717) is 17.9 Å². The average Bonchev–Trinajstić information content (AvgIpc) is 3.88. The third-order valence-corrected chi connectivity index (χ3v) is 15.1. The van der Waals surface area contributed by atoms with Crippen molar-refractivity contribution in [1.82, 2.24) is 10.2 Å². The lowest BCUT2D eigenvalue weighted by molar-refractivity contribution is -0.162. The van der Waals surface area contributed by atoms with Crippen molar-refractivity contribution in [3.8, 4) is 5.75 Å². The van der Waals surface area contributed by atoms with Gasteiger partial charge in [-0.1, -0.05) is 63.9 Å². The lowest BCUT2D eigenvalue weighted by Crippen LogP contribution is -2.63. The van der Waals surface area contributed by atoms with E-state index in [9.17, 15) is 37.5 Å². The number of rotatable bonds is 14. The number of carboxylic acid groups (broad SMARTS) is 1. The third-order valence-electron chi connectivity index (χ3n) is 11.1. The molecule has 9 atom stereocenters. The molecule has 0 spiro atoms. The number of benzene rings is 1. The van der Waals surface area contributed by atoms with Crippen molar-refractivity contribution in [3.05, 3.63) is 46.5 Å². The number of ether oxygens (including phenoxy) is 5. The Morgan fingerprint density at radius 2 is 1.85 bits per heavy atom. The summed E-state index contributed by atoms with van der Waals surface area (Å²) in [6.45, 7) is 6.76. The highest BCUT2D eigenvalue weighted by Crippen LogP contribution is 2.49. The summed E-state index contributed by atoms with van der Waals surface area (Å²) in [5.74, 6) is -3.42. The molecular weight excluding hydrogens is 882 g/mol. The number of nitrogens with one attached hydrogen (secondary N) is 1. The normalized spacial score (nSPS) is 29.4. The molecule has 4 rings (SSSR count). The van der Waals surface area contributed by atoms with Gasteiger partial charge in [0.15, 0.2) is 11.0 Å². The number of methoxy groups -OCH3 is 2. The number of carboxylic acids is 1. The second-order valence-corrected chi connectivity index (χ2v) is 20.1. The number of carbonyl (C=O) groups is 5. The van der Waals surface area contributed by atoms with Crippen molar-refractivity contribution >= 4 is 78.8 Å². The van der Waals surface area contributed by atoms with Gasteiger partial charge in [0, 0.05) is 51.5 Å². The van der Waals surface area contributed by atoms with Gasteiger partial charge < -0.3 is 43.7 Å². The van der Waals surface area contributed by atoms with Gasteiger partial charge in [-0.15, -0.1) is 0 Å². The van der Waals surface area contributed by atoms with Crippen molar-refractivity contribution in [2.45, 2.75) is 107 Å². The summed E-state index contributed by atoms with van der Waals surface area (Å²) in [5.41, 5.74) is -1.20. The van der Waals surface area contributed by atoms with E-state index in [4.69, 9.17) is 44.9 Å². The largest absolute Gasteiger partial charge is 0.495 e. The molecule has 3 aliphatic heterocycles. The van der Waals surface area contributed by atoms with E-state index >= 15 is 0 Å². The van der Waals surface area contributed by atoms with E-state index in [0.717, 1.165) is 21.9 Å². The molecule has 3 amide bonds. The number of aliphatic carboxylic acids is 1. The molecule has 1 unspecified atom stereocenters. The predicted octanol–water partition coefficient (Wildman–Crippen LogP) is 4.02. The van der Waals surface area contributed by atoms with Crippen LogP contribution in [0, 0.1) is 5.92 Å². The highest BCUT2D eigenvalue weighted by Gasteiger charge is 2.64. The van der Waals surface area contributed by atoms with E-state index in [1.54, 1.807) is 38.1 Å². The zero-order valence-electron chi connectivity index (χ0n) is 35.1. The molecule has 22 heteroatoms. The molecule has 340 valence electrons. The molecule has 61 heavy (non-hydrogen) atoms. The zero-order chi connectivity index (χ0) is 45.6. The van der Waals surface area contributed by atoms with Crippen LogP contribution >= 0.6 is 33.2 Å². The number of alkyl carbamates (subject to hydrolysis) is 1. The Hall–Kier alpha value is -3.57. The van der Waals surface area contributed by atoms with Crippen LogP contribution in [-0.2, 0) is 54.7 Å². The third kappa shape index (κ3) is 12.3. The highest BCUT2D eigenvalue weighted by atomic mass is 35.5. The first-order valence-corrected chi connectivity index (χ1v) is 23.6. The van der Waals surface area contributed by atoms with Crippen molar-refractivity contribution in [2.24, 2.45) is 5.92 Å². The van der Waals surface area contributed by atoms with Crippen LogP contribution in [0.1, 0.15) is 58.9 Å². The van der Waals surface area contributed by atoms with Gasteiger partial charge >= 0.3 is 18.0 Å². The van der Waals surface area contributed by atoms with Crippen LogP contribution in [-0.4, -0.2) is 145 Å². The number of aliphatic hydroxyl groups is 1. The predicted molar refractivity (Wildman–Crippen MR) is 228 cm³/mol. The van der Waals surface area contributed by atoms with Crippen molar-refractivity contribution in [1.29, 1.82) is 0 Å². The van der Waals surface area contributed by atoms with Gasteiger partial charge in [-0.05, 0) is 51.3 Å². The van der Waals surface area contributed by atoms with Crippen LogP contribution in [0.15, 0.2) is 35.9 Å². The SMILES string of the molecule is COc1cc2cc(c1Cl)N(C)C(=O)C[C@H](OC(=O)[C@H](C)N(C)C(=O)CCSSCCC(C(=O)O)S(=O)(=O)O)[C@]1(C)O[C@H]1[C@H](C)[C@@H]1C[C@@](O)(NC(=O)O1)[C@H](OC)/C=C/C=C(\C)C2. The van der Waals surface area contributed by atoms with E-state index in [-0.39, 0.29) is 35.8 Å². The molecule has 18 nitrogen and oxygen atoms in total. The van der Waals surface area contributed by atoms with Gasteiger partial charge in [0.25, 0.3) is 10.1 Å². The monoisotopic (exact) mass is 935 g/mol. The number of likely N-dealkylation sites (N-methyl/N-ethyl adjacent to an activating group) is 1. The lowest BCUT2D eigenvalue weighted by atomic mass is 9.83. The van der Waals surface area contributed by atoms with Gasteiger partial charge in [0.1, 0.15) is 40.7 Å². The maximum Gasteiger partial charge on any atom is 0.409 e. The number of allylic oxidation sites excluding steroid dienone is 3. The Morgan fingerprint density at radius 3 is 2.48 bits per heavy atom. The van der Waals surface area contributed by atoms with Crippen molar-refractivity contribution in [3.63, 3.8) is 0 Å². The number of halogens is 1. The molecule has 0 saturated carbocycles. The lowest BCUT2D eigenvalue weighted by Gasteiger charge is -2.42. The number of carbonyl (C=O) groups excluding carboxylic acids is 4. The average molecular weight is 937 g/mol. The van der Waals surface area contributed by atoms with Gasteiger partial charge in [-0.25, -0.2) is 9.59 Å². The smallest absolute Gasteiger partial charge is 0.409 e. The van der Waals surface area contributed by atoms with Gasteiger partial charge in [0.05, 0.1) is 25.3 Å². The quantitative estimate of drug-likeness (QED) is 0.0676. The Labute approximate surface area is 368 Å². The maximum absolute atomic E-state index is 14.2. The maximum atomic E-state index is 14.2. The first-order chi connectivity index (χ1) is 28.5. The number of fused-ring (bicyclic) bond motifs is 5. The first kappa shape index (κ1) is 50.1. The summed E-state index contributed by atoms with van der Waals surface area (Å²) in [6, 6.07) is 2.37. The van der Waals surface area contributed by atoms with Crippen molar-refractivity contribution < 1.29 is 70.8 Å². The van der Waals surface area contributed by atoms with Crippen LogP contribution in [0.3, 0.4) is 0 Å². The molecule has 0 aliphatic carbocycles. The van der Waals surface area contributed by atoms with Crippen LogP contribution in [0.25, 0.3) is 0 Å². The van der Waals surface area contributed by atoms with Crippen LogP contribution < -0.4 is 15.0 Å². The number of esters is 1. The standard InChI is InChI=1S/C39H54ClN3O15S3/c1-21-10-9-11-29(55-8)39(50)20-27(56-37(49)41-39)22(2)34-38(4,58-34)30(19-32(45)43(6)25-17-24(16-21)18-26(54-7)33(25)40)57-36(48)23(3)42(5)31(44)13-15-60-59-14-12-28(35(46)47)61(51,52)53/h9-11,17-18,22-23,27-30,34,50H,12-16,19-20H2,1-8H3,(H,41,49)(H,46,47)(H,51,52,53)/b11-9+,21-10+/t22-,23+,27+,28?,29-,30+,34+,38+,39+/m1/s1. The minimum absolute atomic E-state index is 0.0425. The number of amides is 3. The van der Waals surface area contributed by atoms with Crippen molar-refractivity contribution in [2.75, 3.05) is 44.7 Å². The van der Waals surface area contributed by atoms with Crippen LogP contribution in [0.5, 0.6) is 5.75 Å². The summed E-state index contributed by atoms with van der Waals surface area (Å²) >= 11 is 6.76. The molecule has 4 N–H and O–H groups in total. The molecular formula is C39H54ClN3O15S3. The van der Waals surface area contributed by atoms with Crippen LogP contribution in [0.2, 0.25) is 5.02 Å². The minimum atomic E-state index is -4.77. The molecule has 0 aromatic heterocycles. The fourth-order valence-electron chi connectivity index (χ4n) is 7.20. The fourth-order valence-corrected chi connectivity index (χ4v) is 10.4. The molecule has 1 aromatic carbocycles.